The van der Waals surface area contributed by atoms with E-state index in [2.05, 4.69) is 20.9 Å². The van der Waals surface area contributed by atoms with Gasteiger partial charge in [0.25, 0.3) is 5.91 Å². The zero-order valence-electron chi connectivity index (χ0n) is 4.93. The average Bonchev–Trinajstić information content (AvgIpc) is 1.87. The first-order chi connectivity index (χ1) is 4.22. The lowest BCUT2D eigenvalue weighted by molar-refractivity contribution is -0.117. The number of hydrogen-bond donors (Lipinski definition) is 0. The molecule has 0 fully saturated rings. The molecule has 0 aliphatic rings. The molecule has 1 unspecified atom stereocenters. The van der Waals surface area contributed by atoms with E-state index >= 15 is 0 Å². The first kappa shape index (κ1) is 8.53. The van der Waals surface area contributed by atoms with E-state index < -0.39 is 5.91 Å². The fourth-order valence-electron chi connectivity index (χ4n) is 0.290. The molecule has 0 aromatic rings. The lowest BCUT2D eigenvalue weighted by atomic mass is 10.3. The van der Waals surface area contributed by atoms with E-state index in [1.165, 1.54) is 6.08 Å². The minimum absolute atomic E-state index is 0.334. The minimum Gasteiger partial charge on any atom is -0.270 e. The number of rotatable bonds is 2. The fourth-order valence-corrected chi connectivity index (χ4v) is 0.392. The van der Waals surface area contributed by atoms with Gasteiger partial charge in [0.05, 0.1) is 4.83 Å². The van der Waals surface area contributed by atoms with Gasteiger partial charge in [-0.3, -0.25) is 4.79 Å². The molecule has 0 saturated carbocycles. The molecule has 0 rings (SSSR count). The molecule has 0 aliphatic carbocycles. The number of isocyanates is 1. The molecule has 0 radical (unpaired) electrons. The Bertz CT molecular complexity index is 151. The van der Waals surface area contributed by atoms with Crippen LogP contribution in [0.3, 0.4) is 0 Å². The first-order valence-corrected chi connectivity index (χ1v) is 3.39. The van der Waals surface area contributed by atoms with Crippen molar-refractivity contribution in [1.29, 1.82) is 0 Å². The van der Waals surface area contributed by atoms with E-state index in [0.717, 1.165) is 0 Å². The fraction of sp³-hybridized carbons (Fsp3) is 0.600. The standard InChI is InChI=1S/C5H6BrNO2/c1-2-4(6)5(9)7-3-8/h4H,2H2,1H3. The Morgan fingerprint density at radius 1 is 1.89 bits per heavy atom. The quantitative estimate of drug-likeness (QED) is 0.372. The van der Waals surface area contributed by atoms with Crippen LogP contribution in [-0.2, 0) is 9.59 Å². The number of amides is 1. The summed E-state index contributed by atoms with van der Waals surface area (Å²) in [6, 6.07) is 0. The van der Waals surface area contributed by atoms with Gasteiger partial charge in [0.1, 0.15) is 0 Å². The summed E-state index contributed by atoms with van der Waals surface area (Å²) in [7, 11) is 0. The van der Waals surface area contributed by atoms with Crippen LogP contribution in [0.2, 0.25) is 0 Å². The maximum absolute atomic E-state index is 10.5. The molecule has 0 saturated heterocycles. The molecule has 0 aromatic carbocycles. The van der Waals surface area contributed by atoms with E-state index in [9.17, 15) is 9.59 Å². The third-order valence-corrected chi connectivity index (χ3v) is 1.82. The molecule has 4 heteroatoms. The second-order valence-electron chi connectivity index (χ2n) is 1.42. The summed E-state index contributed by atoms with van der Waals surface area (Å²) in [5, 5.41) is 0. The normalized spacial score (nSPS) is 11.8. The predicted molar refractivity (Wildman–Crippen MR) is 36.1 cm³/mol. The number of carbonyl (C=O) groups is 1. The third kappa shape index (κ3) is 3.16. The van der Waals surface area contributed by atoms with Crippen molar-refractivity contribution in [3.63, 3.8) is 0 Å². The molecule has 0 spiro atoms. The minimum atomic E-state index is -0.465. The van der Waals surface area contributed by atoms with Crippen LogP contribution in [0.25, 0.3) is 0 Å². The Morgan fingerprint density at radius 3 is 2.78 bits per heavy atom. The molecule has 0 bridgehead atoms. The number of aliphatic imine (C=N–C) groups is 1. The SMILES string of the molecule is CCC(Br)C(=O)N=C=O. The molecule has 0 heterocycles. The topological polar surface area (TPSA) is 46.5 Å². The molecule has 9 heavy (non-hydrogen) atoms. The van der Waals surface area contributed by atoms with E-state index in [-0.39, 0.29) is 4.83 Å². The summed E-state index contributed by atoms with van der Waals surface area (Å²) in [6.45, 7) is 1.82. The lowest BCUT2D eigenvalue weighted by Gasteiger charge is -1.95. The molecule has 50 valence electrons. The maximum atomic E-state index is 10.5. The van der Waals surface area contributed by atoms with Crippen LogP contribution >= 0.6 is 15.9 Å². The van der Waals surface area contributed by atoms with Crippen LogP contribution in [0.1, 0.15) is 13.3 Å². The Labute approximate surface area is 61.3 Å². The van der Waals surface area contributed by atoms with Gasteiger partial charge in [-0.25, -0.2) is 4.79 Å². The molecular formula is C5H6BrNO2. The molecule has 0 N–H and O–H groups in total. The molecule has 0 aliphatic heterocycles. The van der Waals surface area contributed by atoms with Gasteiger partial charge in [0, 0.05) is 0 Å². The van der Waals surface area contributed by atoms with Crippen molar-refractivity contribution in [2.24, 2.45) is 4.99 Å². The van der Waals surface area contributed by atoms with Crippen molar-refractivity contribution >= 4 is 27.9 Å². The average molecular weight is 192 g/mol. The number of alkyl halides is 1. The molecule has 1 amide bonds. The monoisotopic (exact) mass is 191 g/mol. The van der Waals surface area contributed by atoms with Crippen molar-refractivity contribution in [2.75, 3.05) is 0 Å². The summed E-state index contributed by atoms with van der Waals surface area (Å²) in [5.41, 5.74) is 0. The van der Waals surface area contributed by atoms with E-state index in [1.54, 1.807) is 0 Å². The lowest BCUT2D eigenvalue weighted by Crippen LogP contribution is -2.08. The summed E-state index contributed by atoms with van der Waals surface area (Å²) >= 11 is 3.02. The summed E-state index contributed by atoms with van der Waals surface area (Å²) < 4.78 is 0. The van der Waals surface area contributed by atoms with Crippen molar-refractivity contribution in [1.82, 2.24) is 0 Å². The maximum Gasteiger partial charge on any atom is 0.270 e. The Kier molecular flexibility index (Phi) is 4.18. The predicted octanol–water partition coefficient (Wildman–Crippen LogP) is 1.02. The molecular weight excluding hydrogens is 186 g/mol. The Balaban J connectivity index is 3.87. The summed E-state index contributed by atoms with van der Waals surface area (Å²) in [5.74, 6) is -0.465. The van der Waals surface area contributed by atoms with Gasteiger partial charge in [0.15, 0.2) is 0 Å². The largest absolute Gasteiger partial charge is 0.270 e. The van der Waals surface area contributed by atoms with Gasteiger partial charge in [-0.15, -0.1) is 4.99 Å². The summed E-state index contributed by atoms with van der Waals surface area (Å²) in [4.78, 5) is 22.6. The second kappa shape index (κ2) is 4.41. The molecule has 0 aromatic heterocycles. The van der Waals surface area contributed by atoms with Crippen molar-refractivity contribution in [3.8, 4) is 0 Å². The van der Waals surface area contributed by atoms with Gasteiger partial charge >= 0.3 is 0 Å². The highest BCUT2D eigenvalue weighted by Gasteiger charge is 2.09. The van der Waals surface area contributed by atoms with Gasteiger partial charge in [-0.1, -0.05) is 22.9 Å². The highest BCUT2D eigenvalue weighted by atomic mass is 79.9. The zero-order chi connectivity index (χ0) is 7.28. The Hall–Kier alpha value is -0.470. The third-order valence-electron chi connectivity index (χ3n) is 0.782. The van der Waals surface area contributed by atoms with Gasteiger partial charge < -0.3 is 0 Å². The number of halogens is 1. The van der Waals surface area contributed by atoms with Gasteiger partial charge in [-0.05, 0) is 6.42 Å². The smallest absolute Gasteiger partial charge is 0.270 e. The van der Waals surface area contributed by atoms with E-state index in [0.29, 0.717) is 6.42 Å². The molecule has 1 atom stereocenters. The zero-order valence-corrected chi connectivity index (χ0v) is 6.51. The van der Waals surface area contributed by atoms with Crippen molar-refractivity contribution in [2.45, 2.75) is 18.2 Å². The van der Waals surface area contributed by atoms with Crippen molar-refractivity contribution in [3.05, 3.63) is 0 Å². The first-order valence-electron chi connectivity index (χ1n) is 2.48. The van der Waals surface area contributed by atoms with Crippen LogP contribution in [0.5, 0.6) is 0 Å². The molecule has 3 nitrogen and oxygen atoms in total. The van der Waals surface area contributed by atoms with E-state index in [4.69, 9.17) is 0 Å². The van der Waals surface area contributed by atoms with Crippen LogP contribution in [0.4, 0.5) is 0 Å². The number of nitrogens with zero attached hydrogens (tertiary/aromatic N) is 1. The Morgan fingerprint density at radius 2 is 2.44 bits per heavy atom. The van der Waals surface area contributed by atoms with Crippen LogP contribution in [0, 0.1) is 0 Å². The van der Waals surface area contributed by atoms with Crippen LogP contribution in [-0.4, -0.2) is 16.8 Å². The number of hydrogen-bond acceptors (Lipinski definition) is 2. The van der Waals surface area contributed by atoms with Crippen molar-refractivity contribution < 1.29 is 9.59 Å². The highest BCUT2D eigenvalue weighted by molar-refractivity contribution is 9.10. The van der Waals surface area contributed by atoms with Crippen LogP contribution in [0.15, 0.2) is 4.99 Å². The number of carbonyl (C=O) groups excluding carboxylic acids is 2. The van der Waals surface area contributed by atoms with Gasteiger partial charge in [-0.2, -0.15) is 0 Å². The van der Waals surface area contributed by atoms with E-state index in [1.807, 2.05) is 6.92 Å². The summed E-state index contributed by atoms with van der Waals surface area (Å²) in [6.07, 6.45) is 1.81. The second-order valence-corrected chi connectivity index (χ2v) is 2.52. The van der Waals surface area contributed by atoms with Gasteiger partial charge in [0.2, 0.25) is 6.08 Å². The van der Waals surface area contributed by atoms with Crippen LogP contribution < -0.4 is 0 Å². The highest BCUT2D eigenvalue weighted by Crippen LogP contribution is 2.04.